The molecule has 1 atom stereocenters. The third-order valence-corrected chi connectivity index (χ3v) is 5.41. The molecule has 1 aromatic carbocycles. The highest BCUT2D eigenvalue weighted by Gasteiger charge is 2.21. The van der Waals surface area contributed by atoms with Gasteiger partial charge >= 0.3 is 0 Å². The number of sulfonamides is 1. The fourth-order valence-corrected chi connectivity index (χ4v) is 4.56. The maximum Gasteiger partial charge on any atom is 0.216 e. The van der Waals surface area contributed by atoms with Gasteiger partial charge in [0.05, 0.1) is 5.75 Å². The predicted octanol–water partition coefficient (Wildman–Crippen LogP) is 2.14. The lowest BCUT2D eigenvalue weighted by atomic mass is 10.2. The highest BCUT2D eigenvalue weighted by atomic mass is 32.2. The first-order valence-corrected chi connectivity index (χ1v) is 8.69. The van der Waals surface area contributed by atoms with Gasteiger partial charge in [-0.1, -0.05) is 18.2 Å². The molecular weight excluding hydrogens is 273 g/mol. The number of hydrogen-bond donors (Lipinski definition) is 1. The van der Waals surface area contributed by atoms with E-state index in [1.54, 1.807) is 23.9 Å². The zero-order valence-electron chi connectivity index (χ0n) is 9.93. The van der Waals surface area contributed by atoms with Crippen molar-refractivity contribution in [2.45, 2.75) is 24.6 Å². The Bertz CT molecular complexity index is 499. The zero-order valence-corrected chi connectivity index (χ0v) is 11.6. The van der Waals surface area contributed by atoms with Gasteiger partial charge in [0.25, 0.3) is 0 Å². The first-order valence-electron chi connectivity index (χ1n) is 5.88. The van der Waals surface area contributed by atoms with Crippen LogP contribution in [0.4, 0.5) is 4.39 Å². The SMILES string of the molecule is O=S(=O)(Cc1ccccc1F)NC1CCCSC1. The van der Waals surface area contributed by atoms with Gasteiger partial charge in [0.2, 0.25) is 10.0 Å². The van der Waals surface area contributed by atoms with Crippen molar-refractivity contribution in [3.63, 3.8) is 0 Å². The van der Waals surface area contributed by atoms with Gasteiger partial charge < -0.3 is 0 Å². The topological polar surface area (TPSA) is 46.2 Å². The normalized spacial score (nSPS) is 20.8. The number of hydrogen-bond acceptors (Lipinski definition) is 3. The van der Waals surface area contributed by atoms with E-state index in [2.05, 4.69) is 4.72 Å². The molecule has 1 heterocycles. The Morgan fingerprint density at radius 2 is 2.17 bits per heavy atom. The van der Waals surface area contributed by atoms with Gasteiger partial charge in [-0.25, -0.2) is 17.5 Å². The van der Waals surface area contributed by atoms with E-state index in [9.17, 15) is 12.8 Å². The van der Waals surface area contributed by atoms with Crippen molar-refractivity contribution >= 4 is 21.8 Å². The molecule has 6 heteroatoms. The minimum atomic E-state index is -3.46. The summed E-state index contributed by atoms with van der Waals surface area (Å²) >= 11 is 1.75. The molecular formula is C12H16FNO2S2. The molecule has 1 saturated heterocycles. The maximum absolute atomic E-state index is 13.4. The molecule has 0 bridgehead atoms. The Morgan fingerprint density at radius 1 is 1.39 bits per heavy atom. The van der Waals surface area contributed by atoms with Crippen molar-refractivity contribution < 1.29 is 12.8 Å². The average molecular weight is 289 g/mol. The van der Waals surface area contributed by atoms with Gasteiger partial charge in [-0.15, -0.1) is 0 Å². The first-order chi connectivity index (χ1) is 8.57. The van der Waals surface area contributed by atoms with Crippen LogP contribution in [0, 0.1) is 5.82 Å². The van der Waals surface area contributed by atoms with Crippen molar-refractivity contribution in [3.05, 3.63) is 35.6 Å². The highest BCUT2D eigenvalue weighted by Crippen LogP contribution is 2.18. The number of nitrogens with one attached hydrogen (secondary N) is 1. The van der Waals surface area contributed by atoms with Gasteiger partial charge in [0.1, 0.15) is 5.82 Å². The smallest absolute Gasteiger partial charge is 0.212 e. The van der Waals surface area contributed by atoms with E-state index >= 15 is 0 Å². The van der Waals surface area contributed by atoms with Crippen LogP contribution in [0.2, 0.25) is 0 Å². The lowest BCUT2D eigenvalue weighted by Gasteiger charge is -2.22. The molecule has 1 fully saturated rings. The third kappa shape index (κ3) is 3.96. The van der Waals surface area contributed by atoms with E-state index in [0.29, 0.717) is 0 Å². The van der Waals surface area contributed by atoms with E-state index in [0.717, 1.165) is 24.3 Å². The summed E-state index contributed by atoms with van der Waals surface area (Å²) in [7, 11) is -3.46. The second-order valence-electron chi connectivity index (χ2n) is 4.38. The summed E-state index contributed by atoms with van der Waals surface area (Å²) in [4.78, 5) is 0. The zero-order chi connectivity index (χ0) is 13.0. The summed E-state index contributed by atoms with van der Waals surface area (Å²) in [6.45, 7) is 0. The summed E-state index contributed by atoms with van der Waals surface area (Å²) in [6.07, 6.45) is 1.89. The van der Waals surface area contributed by atoms with Gasteiger partial charge in [0.15, 0.2) is 0 Å². The number of thioether (sulfide) groups is 1. The van der Waals surface area contributed by atoms with Crippen molar-refractivity contribution in [1.82, 2.24) is 4.72 Å². The Balaban J connectivity index is 2.01. The maximum atomic E-state index is 13.4. The Morgan fingerprint density at radius 3 is 2.83 bits per heavy atom. The molecule has 0 saturated carbocycles. The first kappa shape index (κ1) is 13.8. The standard InChI is InChI=1S/C12H16FNO2S2/c13-12-6-2-1-4-10(12)9-18(15,16)14-11-5-3-7-17-8-11/h1-2,4,6,11,14H,3,5,7-9H2. The molecule has 2 rings (SSSR count). The molecule has 100 valence electrons. The van der Waals surface area contributed by atoms with Crippen LogP contribution in [-0.2, 0) is 15.8 Å². The molecule has 3 nitrogen and oxygen atoms in total. The van der Waals surface area contributed by atoms with Crippen molar-refractivity contribution in [1.29, 1.82) is 0 Å². The number of rotatable bonds is 4. The third-order valence-electron chi connectivity index (χ3n) is 2.81. The molecule has 0 radical (unpaired) electrons. The van der Waals surface area contributed by atoms with Crippen molar-refractivity contribution in [2.75, 3.05) is 11.5 Å². The lowest BCUT2D eigenvalue weighted by Crippen LogP contribution is -2.39. The van der Waals surface area contributed by atoms with E-state index in [1.807, 2.05) is 0 Å². The quantitative estimate of drug-likeness (QED) is 0.924. The second-order valence-corrected chi connectivity index (χ2v) is 7.29. The van der Waals surface area contributed by atoms with E-state index < -0.39 is 15.8 Å². The molecule has 1 unspecified atom stereocenters. The van der Waals surface area contributed by atoms with Crippen LogP contribution < -0.4 is 4.72 Å². The molecule has 1 aliphatic rings. The van der Waals surface area contributed by atoms with Crippen LogP contribution in [0.3, 0.4) is 0 Å². The molecule has 0 aliphatic carbocycles. The highest BCUT2D eigenvalue weighted by molar-refractivity contribution is 7.99. The summed E-state index contributed by atoms with van der Waals surface area (Å²) in [5.41, 5.74) is 0.216. The molecule has 0 amide bonds. The minimum Gasteiger partial charge on any atom is -0.212 e. The van der Waals surface area contributed by atoms with Gasteiger partial charge in [0, 0.05) is 17.4 Å². The molecule has 18 heavy (non-hydrogen) atoms. The fourth-order valence-electron chi connectivity index (χ4n) is 1.95. The van der Waals surface area contributed by atoms with Crippen LogP contribution in [-0.4, -0.2) is 26.0 Å². The van der Waals surface area contributed by atoms with Crippen LogP contribution in [0.5, 0.6) is 0 Å². The lowest BCUT2D eigenvalue weighted by molar-refractivity contribution is 0.540. The van der Waals surface area contributed by atoms with E-state index in [-0.39, 0.29) is 17.4 Å². The Hall–Kier alpha value is -0.590. The monoisotopic (exact) mass is 289 g/mol. The van der Waals surface area contributed by atoms with Crippen LogP contribution in [0.25, 0.3) is 0 Å². The summed E-state index contributed by atoms with van der Waals surface area (Å²) < 4.78 is 39.9. The van der Waals surface area contributed by atoms with Crippen molar-refractivity contribution in [3.8, 4) is 0 Å². The Labute approximate surface area is 111 Å². The van der Waals surface area contributed by atoms with Gasteiger partial charge in [-0.3, -0.25) is 0 Å². The molecule has 1 aromatic rings. The number of benzene rings is 1. The molecule has 0 aromatic heterocycles. The van der Waals surface area contributed by atoms with Crippen LogP contribution in [0.1, 0.15) is 18.4 Å². The number of halogens is 1. The fraction of sp³-hybridized carbons (Fsp3) is 0.500. The van der Waals surface area contributed by atoms with E-state index in [1.165, 1.54) is 12.1 Å². The van der Waals surface area contributed by atoms with Crippen LogP contribution >= 0.6 is 11.8 Å². The van der Waals surface area contributed by atoms with E-state index in [4.69, 9.17) is 0 Å². The largest absolute Gasteiger partial charge is 0.216 e. The van der Waals surface area contributed by atoms with Gasteiger partial charge in [-0.05, 0) is 24.7 Å². The minimum absolute atomic E-state index is 0.0134. The summed E-state index contributed by atoms with van der Waals surface area (Å²) in [5.74, 6) is 1.13. The molecule has 1 N–H and O–H groups in total. The second kappa shape index (κ2) is 6.04. The summed E-state index contributed by atoms with van der Waals surface area (Å²) in [5, 5.41) is 0. The van der Waals surface area contributed by atoms with Gasteiger partial charge in [-0.2, -0.15) is 11.8 Å². The van der Waals surface area contributed by atoms with Crippen LogP contribution in [0.15, 0.2) is 24.3 Å². The molecule has 1 aliphatic heterocycles. The average Bonchev–Trinajstić information content (AvgIpc) is 2.32. The van der Waals surface area contributed by atoms with Crippen molar-refractivity contribution in [2.24, 2.45) is 0 Å². The Kier molecular flexibility index (Phi) is 4.64. The summed E-state index contributed by atoms with van der Waals surface area (Å²) in [6, 6.07) is 5.97. The predicted molar refractivity (Wildman–Crippen MR) is 72.5 cm³/mol. The molecule has 0 spiro atoms.